The summed E-state index contributed by atoms with van der Waals surface area (Å²) in [6.45, 7) is 0.805. The highest BCUT2D eigenvalue weighted by Gasteiger charge is 2.17. The molecular weight excluding hydrogens is 236 g/mol. The second-order valence-electron chi connectivity index (χ2n) is 4.20. The van der Waals surface area contributed by atoms with Gasteiger partial charge in [0.15, 0.2) is 0 Å². The van der Waals surface area contributed by atoms with E-state index in [-0.39, 0.29) is 0 Å². The van der Waals surface area contributed by atoms with E-state index in [9.17, 15) is 0 Å². The average Bonchev–Trinajstić information content (AvgIpc) is 2.64. The van der Waals surface area contributed by atoms with Gasteiger partial charge in [0.1, 0.15) is 0 Å². The zero-order valence-electron chi connectivity index (χ0n) is 9.63. The van der Waals surface area contributed by atoms with Gasteiger partial charge in [0.25, 0.3) is 0 Å². The maximum absolute atomic E-state index is 4.97. The minimum atomic E-state index is 0.805. The molecule has 0 spiro atoms. The zero-order chi connectivity index (χ0) is 11.7. The van der Waals surface area contributed by atoms with Crippen LogP contribution in [-0.2, 0) is 22.0 Å². The van der Waals surface area contributed by atoms with Gasteiger partial charge in [-0.25, -0.2) is 0 Å². The lowest BCUT2D eigenvalue weighted by molar-refractivity contribution is -0.302. The summed E-state index contributed by atoms with van der Waals surface area (Å²) in [5.41, 5.74) is 2.64. The van der Waals surface area contributed by atoms with Crippen molar-refractivity contribution in [3.8, 4) is 0 Å². The Morgan fingerprint density at radius 2 is 2.12 bits per heavy atom. The van der Waals surface area contributed by atoms with Gasteiger partial charge in [0.05, 0.1) is 6.54 Å². The van der Waals surface area contributed by atoms with E-state index >= 15 is 0 Å². The molecule has 0 amide bonds. The predicted octanol–water partition coefficient (Wildman–Crippen LogP) is 2.85. The van der Waals surface area contributed by atoms with Crippen LogP contribution in [0, 0.1) is 0 Å². The smallest absolute Gasteiger partial charge is 0.203 e. The van der Waals surface area contributed by atoms with Gasteiger partial charge >= 0.3 is 0 Å². The SMILES string of the molecule is Cn1ccc2cc(CCCN3OSO3)ccc21. The van der Waals surface area contributed by atoms with Crippen LogP contribution in [0.3, 0.4) is 0 Å². The third-order valence-corrected chi connectivity index (χ3v) is 3.44. The molecule has 0 bridgehead atoms. The molecular formula is C12H14N2O2S. The van der Waals surface area contributed by atoms with Crippen LogP contribution in [0.4, 0.5) is 0 Å². The molecule has 0 unspecified atom stereocenters. The number of hydroxylamine groups is 2. The molecule has 0 radical (unpaired) electrons. The van der Waals surface area contributed by atoms with Crippen molar-refractivity contribution in [2.45, 2.75) is 12.8 Å². The maximum Gasteiger partial charge on any atom is 0.203 e. The molecule has 1 fully saturated rings. The van der Waals surface area contributed by atoms with Gasteiger partial charge in [-0.2, -0.15) is 8.57 Å². The topological polar surface area (TPSA) is 26.6 Å². The molecule has 0 aliphatic carbocycles. The molecule has 90 valence electrons. The van der Waals surface area contributed by atoms with Crippen molar-refractivity contribution in [2.24, 2.45) is 7.05 Å². The van der Waals surface area contributed by atoms with Crippen LogP contribution in [-0.4, -0.2) is 16.3 Å². The van der Waals surface area contributed by atoms with Crippen LogP contribution in [0.25, 0.3) is 10.9 Å². The number of hydrogen-bond acceptors (Lipinski definition) is 4. The number of fused-ring (bicyclic) bond motifs is 1. The van der Waals surface area contributed by atoms with E-state index < -0.39 is 0 Å². The largest absolute Gasteiger partial charge is 0.351 e. The van der Waals surface area contributed by atoms with Crippen LogP contribution < -0.4 is 0 Å². The quantitative estimate of drug-likeness (QED) is 0.780. The number of hydrogen-bond donors (Lipinski definition) is 0. The fourth-order valence-corrected chi connectivity index (χ4v) is 2.34. The van der Waals surface area contributed by atoms with E-state index in [0.717, 1.165) is 31.7 Å². The van der Waals surface area contributed by atoms with E-state index in [1.807, 2.05) is 0 Å². The van der Waals surface area contributed by atoms with Crippen LogP contribution in [0.1, 0.15) is 12.0 Å². The van der Waals surface area contributed by atoms with Crippen LogP contribution in [0.2, 0.25) is 0 Å². The first-order valence-electron chi connectivity index (χ1n) is 5.66. The molecule has 0 saturated carbocycles. The van der Waals surface area contributed by atoms with Gasteiger partial charge in [-0.3, -0.25) is 0 Å². The Morgan fingerprint density at radius 3 is 2.88 bits per heavy atom. The van der Waals surface area contributed by atoms with Gasteiger partial charge in [0.2, 0.25) is 12.3 Å². The van der Waals surface area contributed by atoms with Gasteiger partial charge in [0, 0.05) is 18.8 Å². The molecule has 2 heterocycles. The minimum absolute atomic E-state index is 0.805. The second kappa shape index (κ2) is 4.70. The van der Waals surface area contributed by atoms with Crippen molar-refractivity contribution < 1.29 is 8.57 Å². The summed E-state index contributed by atoms with van der Waals surface area (Å²) in [5.74, 6) is 0. The average molecular weight is 250 g/mol. The molecule has 5 heteroatoms. The molecule has 2 aromatic rings. The lowest BCUT2D eigenvalue weighted by atomic mass is 10.1. The molecule has 1 aromatic carbocycles. The number of nitrogens with zero attached hydrogens (tertiary/aromatic N) is 2. The van der Waals surface area contributed by atoms with Crippen molar-refractivity contribution in [3.63, 3.8) is 0 Å². The maximum atomic E-state index is 4.97. The highest BCUT2D eigenvalue weighted by atomic mass is 32.2. The van der Waals surface area contributed by atoms with Crippen molar-refractivity contribution in [1.82, 2.24) is 9.79 Å². The van der Waals surface area contributed by atoms with Gasteiger partial charge in [-0.15, -0.1) is 0 Å². The van der Waals surface area contributed by atoms with Crippen molar-refractivity contribution in [1.29, 1.82) is 0 Å². The van der Waals surface area contributed by atoms with Crippen LogP contribution in [0.5, 0.6) is 0 Å². The predicted molar refractivity (Wildman–Crippen MR) is 67.7 cm³/mol. The summed E-state index contributed by atoms with van der Waals surface area (Å²) in [4.78, 5) is 0. The minimum Gasteiger partial charge on any atom is -0.351 e. The molecule has 3 rings (SSSR count). The Morgan fingerprint density at radius 1 is 1.24 bits per heavy atom. The third kappa shape index (κ3) is 2.32. The fourth-order valence-electron chi connectivity index (χ4n) is 2.05. The second-order valence-corrected chi connectivity index (χ2v) is 4.63. The van der Waals surface area contributed by atoms with E-state index in [4.69, 9.17) is 8.57 Å². The number of rotatable bonds is 4. The molecule has 4 nitrogen and oxygen atoms in total. The third-order valence-electron chi connectivity index (χ3n) is 2.98. The summed E-state index contributed by atoms with van der Waals surface area (Å²) >= 11 is 1.02. The Labute approximate surface area is 104 Å². The number of benzene rings is 1. The van der Waals surface area contributed by atoms with Crippen molar-refractivity contribution in [2.75, 3.05) is 6.54 Å². The molecule has 1 aromatic heterocycles. The zero-order valence-corrected chi connectivity index (χ0v) is 10.4. The van der Waals surface area contributed by atoms with Crippen LogP contribution >= 0.6 is 12.3 Å². The van der Waals surface area contributed by atoms with E-state index in [0.29, 0.717) is 0 Å². The first-order valence-corrected chi connectivity index (χ1v) is 6.32. The van der Waals surface area contributed by atoms with E-state index in [1.54, 1.807) is 0 Å². The van der Waals surface area contributed by atoms with Crippen LogP contribution in [0.15, 0.2) is 30.5 Å². The highest BCUT2D eigenvalue weighted by Crippen LogP contribution is 2.23. The summed E-state index contributed by atoms with van der Waals surface area (Å²) in [7, 11) is 2.07. The normalized spacial score (nSPS) is 16.3. The number of aryl methyl sites for hydroxylation is 2. The van der Waals surface area contributed by atoms with Gasteiger partial charge in [-0.05, 0) is 47.2 Å². The molecule has 1 saturated heterocycles. The standard InChI is InChI=1S/C12H14N2O2S/c1-13-8-6-11-9-10(4-5-12(11)13)3-2-7-14-15-17-16-14/h4-6,8-9H,2-3,7H2,1H3. The van der Waals surface area contributed by atoms with Gasteiger partial charge < -0.3 is 4.57 Å². The summed E-state index contributed by atoms with van der Waals surface area (Å²) in [5, 5.41) is 2.81. The van der Waals surface area contributed by atoms with E-state index in [2.05, 4.69) is 42.1 Å². The molecule has 0 atom stereocenters. The molecule has 1 aliphatic rings. The Balaban J connectivity index is 1.64. The van der Waals surface area contributed by atoms with Crippen molar-refractivity contribution in [3.05, 3.63) is 36.0 Å². The number of aromatic nitrogens is 1. The van der Waals surface area contributed by atoms with Crippen molar-refractivity contribution >= 4 is 23.2 Å². The lowest BCUT2D eigenvalue weighted by Gasteiger charge is -2.24. The lowest BCUT2D eigenvalue weighted by Crippen LogP contribution is -2.28. The fraction of sp³-hybridized carbons (Fsp3) is 0.333. The monoisotopic (exact) mass is 250 g/mol. The summed E-state index contributed by atoms with van der Waals surface area (Å²) in [6.07, 6.45) is 4.16. The summed E-state index contributed by atoms with van der Waals surface area (Å²) < 4.78 is 12.1. The first kappa shape index (κ1) is 11.1. The Bertz CT molecular complexity index is 522. The van der Waals surface area contributed by atoms with Gasteiger partial charge in [-0.1, -0.05) is 6.07 Å². The molecule has 17 heavy (non-hydrogen) atoms. The highest BCUT2D eigenvalue weighted by molar-refractivity contribution is 7.90. The summed E-state index contributed by atoms with van der Waals surface area (Å²) in [6, 6.07) is 8.77. The first-order chi connectivity index (χ1) is 8.33. The van der Waals surface area contributed by atoms with E-state index in [1.165, 1.54) is 21.7 Å². The Kier molecular flexibility index (Phi) is 3.07. The molecule has 0 N–H and O–H groups in total. The molecule has 1 aliphatic heterocycles. The Hall–Kier alpha value is -1.01.